The second-order valence-electron chi connectivity index (χ2n) is 7.10. The van der Waals surface area contributed by atoms with E-state index in [1.54, 1.807) is 6.07 Å². The van der Waals surface area contributed by atoms with Crippen molar-refractivity contribution in [3.8, 4) is 0 Å². The first-order valence-electron chi connectivity index (χ1n) is 9.65. The van der Waals surface area contributed by atoms with Gasteiger partial charge in [-0.1, -0.05) is 38.0 Å². The van der Waals surface area contributed by atoms with Gasteiger partial charge in [0, 0.05) is 6.54 Å². The average Bonchev–Trinajstić information content (AvgIpc) is 3.33. The number of aromatic nitrogens is 5. The summed E-state index contributed by atoms with van der Waals surface area (Å²) in [6.45, 7) is 2.20. The van der Waals surface area contributed by atoms with Gasteiger partial charge < -0.3 is 4.57 Å². The van der Waals surface area contributed by atoms with Crippen molar-refractivity contribution in [2.24, 2.45) is 0 Å². The summed E-state index contributed by atoms with van der Waals surface area (Å²) in [4.78, 5) is 13.2. The molecule has 0 amide bonds. The monoisotopic (exact) mass is 531 g/mol. The Kier molecular flexibility index (Phi) is 5.65. The topological polar surface area (TPSA) is 91.3 Å². The lowest BCUT2D eigenvalue weighted by Gasteiger charge is -2.13. The Morgan fingerprint density at radius 3 is 2.41 bits per heavy atom. The van der Waals surface area contributed by atoms with Crippen molar-refractivity contribution in [3.05, 3.63) is 57.2 Å². The van der Waals surface area contributed by atoms with Crippen LogP contribution in [0.25, 0.3) is 16.8 Å². The number of rotatable bonds is 6. The van der Waals surface area contributed by atoms with Crippen LogP contribution < -0.4 is 5.56 Å². The number of unbranched alkanes of at least 4 members (excludes halogenated alkanes) is 2. The maximum atomic E-state index is 13.6. The van der Waals surface area contributed by atoms with E-state index in [2.05, 4.69) is 26.1 Å². The quantitative estimate of drug-likeness (QED) is 0.350. The Labute approximate surface area is 188 Å². The van der Waals surface area contributed by atoms with Crippen LogP contribution in [0.5, 0.6) is 0 Å². The number of benzene rings is 1. The molecule has 0 aliphatic heterocycles. The molecule has 0 aliphatic carbocycles. The number of nitrogens with zero attached hydrogens (tertiary/aromatic N) is 5. The van der Waals surface area contributed by atoms with Crippen molar-refractivity contribution in [1.29, 1.82) is 0 Å². The Balaban J connectivity index is 2.14. The Hall–Kier alpha value is -2.67. The van der Waals surface area contributed by atoms with E-state index in [1.165, 1.54) is 34.9 Å². The van der Waals surface area contributed by atoms with Crippen molar-refractivity contribution >= 4 is 42.8 Å². The minimum absolute atomic E-state index is 0.00691. The fraction of sp³-hybridized carbons (Fsp3) is 0.316. The highest BCUT2D eigenvalue weighted by molar-refractivity contribution is 9.10. The molecule has 0 saturated heterocycles. The molecule has 0 unspecified atom stereocenters. The maximum absolute atomic E-state index is 13.6. The molecule has 8 nitrogen and oxygen atoms in total. The van der Waals surface area contributed by atoms with E-state index in [4.69, 9.17) is 0 Å². The molecule has 0 saturated carbocycles. The smallest absolute Gasteiger partial charge is 0.308 e. The van der Waals surface area contributed by atoms with Crippen LogP contribution >= 0.6 is 15.9 Å². The van der Waals surface area contributed by atoms with Crippen LogP contribution in [0.2, 0.25) is 0 Å². The Bertz CT molecular complexity index is 1470. The zero-order valence-electron chi connectivity index (χ0n) is 16.7. The van der Waals surface area contributed by atoms with Gasteiger partial charge in [0.2, 0.25) is 11.6 Å². The molecule has 0 spiro atoms. The van der Waals surface area contributed by atoms with E-state index in [1.807, 2.05) is 6.92 Å². The van der Waals surface area contributed by atoms with Crippen molar-refractivity contribution in [3.63, 3.8) is 0 Å². The summed E-state index contributed by atoms with van der Waals surface area (Å²) in [7, 11) is -4.30. The molecule has 13 heteroatoms. The largest absolute Gasteiger partial charge is 0.452 e. The van der Waals surface area contributed by atoms with E-state index in [0.29, 0.717) is 10.8 Å². The van der Waals surface area contributed by atoms with Crippen LogP contribution in [-0.4, -0.2) is 31.6 Å². The number of hydrogen-bond donors (Lipinski definition) is 0. The molecule has 3 aromatic heterocycles. The third-order valence-electron chi connectivity index (χ3n) is 5.00. The summed E-state index contributed by atoms with van der Waals surface area (Å²) < 4.78 is 69.8. The third-order valence-corrected chi connectivity index (χ3v) is 7.55. The normalized spacial score (nSPS) is 12.8. The molecular formula is C19H17BrF3N5O3S. The van der Waals surface area contributed by atoms with E-state index >= 15 is 0 Å². The lowest BCUT2D eigenvalue weighted by atomic mass is 10.2. The summed E-state index contributed by atoms with van der Waals surface area (Å²) in [6, 6.07) is 8.71. The number of alkyl halides is 3. The molecule has 0 atom stereocenters. The first kappa shape index (κ1) is 22.5. The molecule has 0 bridgehead atoms. The van der Waals surface area contributed by atoms with Gasteiger partial charge in [0.15, 0.2) is 0 Å². The van der Waals surface area contributed by atoms with Crippen LogP contribution in [0.1, 0.15) is 32.0 Å². The highest BCUT2D eigenvalue weighted by Gasteiger charge is 2.39. The Morgan fingerprint density at radius 1 is 1.09 bits per heavy atom. The number of fused-ring (bicyclic) bond motifs is 2. The average molecular weight is 532 g/mol. The summed E-state index contributed by atoms with van der Waals surface area (Å²) in [5.41, 5.74) is -1.45. The number of halogens is 4. The van der Waals surface area contributed by atoms with Gasteiger partial charge in [-0.25, -0.2) is 16.8 Å². The minimum Gasteiger partial charge on any atom is -0.308 e. The predicted octanol–water partition coefficient (Wildman–Crippen LogP) is 4.05. The van der Waals surface area contributed by atoms with Gasteiger partial charge in [0.25, 0.3) is 15.6 Å². The van der Waals surface area contributed by atoms with E-state index in [-0.39, 0.29) is 27.3 Å². The van der Waals surface area contributed by atoms with Gasteiger partial charge in [0.1, 0.15) is 10.1 Å². The molecule has 1 aromatic carbocycles. The highest BCUT2D eigenvalue weighted by Crippen LogP contribution is 2.31. The lowest BCUT2D eigenvalue weighted by molar-refractivity contribution is -0.145. The van der Waals surface area contributed by atoms with Crippen LogP contribution in [0.3, 0.4) is 0 Å². The van der Waals surface area contributed by atoms with Crippen molar-refractivity contribution in [2.75, 3.05) is 0 Å². The molecule has 170 valence electrons. The van der Waals surface area contributed by atoms with Crippen molar-refractivity contribution < 1.29 is 21.6 Å². The minimum atomic E-state index is -4.96. The van der Waals surface area contributed by atoms with E-state index < -0.39 is 33.1 Å². The van der Waals surface area contributed by atoms with Crippen LogP contribution in [-0.2, 0) is 22.7 Å². The first-order chi connectivity index (χ1) is 15.1. The highest BCUT2D eigenvalue weighted by atomic mass is 79.9. The summed E-state index contributed by atoms with van der Waals surface area (Å²) in [5.74, 6) is -1.81. The molecule has 0 radical (unpaired) electrons. The standard InChI is InChI=1S/C19H17BrF3N5O3S/c1-2-3-7-10-26-13-11-14(20)28(32(30,31)12-8-5-4-6-9-12)15(13)16(29)27-17(19(21,22)23)24-25-18(26)27/h4-6,8-9,11H,2-3,7,10H2,1H3. The molecule has 0 fully saturated rings. The number of hydrogen-bond acceptors (Lipinski definition) is 5. The predicted molar refractivity (Wildman–Crippen MR) is 114 cm³/mol. The molecule has 4 aromatic rings. The third kappa shape index (κ3) is 3.52. The fourth-order valence-corrected chi connectivity index (χ4v) is 5.93. The van der Waals surface area contributed by atoms with Crippen LogP contribution in [0.15, 0.2) is 50.7 Å². The second kappa shape index (κ2) is 8.03. The zero-order valence-corrected chi connectivity index (χ0v) is 19.1. The van der Waals surface area contributed by atoms with E-state index in [9.17, 15) is 26.4 Å². The van der Waals surface area contributed by atoms with E-state index in [0.717, 1.165) is 16.8 Å². The Morgan fingerprint density at radius 2 is 1.78 bits per heavy atom. The summed E-state index contributed by atoms with van der Waals surface area (Å²) in [6.07, 6.45) is -2.73. The molecule has 4 rings (SSSR count). The van der Waals surface area contributed by atoms with Crippen molar-refractivity contribution in [1.82, 2.24) is 23.1 Å². The van der Waals surface area contributed by atoms with Crippen LogP contribution in [0, 0.1) is 0 Å². The fourth-order valence-electron chi connectivity index (χ4n) is 3.56. The maximum Gasteiger partial charge on any atom is 0.452 e. The van der Waals surface area contributed by atoms with Gasteiger partial charge in [-0.05, 0) is 40.5 Å². The first-order valence-corrected chi connectivity index (χ1v) is 11.9. The van der Waals surface area contributed by atoms with Crippen molar-refractivity contribution in [2.45, 2.75) is 43.8 Å². The summed E-state index contributed by atoms with van der Waals surface area (Å²) >= 11 is 3.18. The SMILES string of the molecule is CCCCCn1c2cc(Br)n(S(=O)(=O)c3ccccc3)c2c(=O)n2c(C(F)(F)F)nnc12. The lowest BCUT2D eigenvalue weighted by Crippen LogP contribution is -2.27. The zero-order chi connectivity index (χ0) is 23.3. The van der Waals surface area contributed by atoms with Crippen LogP contribution in [0.4, 0.5) is 13.2 Å². The van der Waals surface area contributed by atoms with Gasteiger partial charge in [-0.15, -0.1) is 10.2 Å². The van der Waals surface area contributed by atoms with Gasteiger partial charge >= 0.3 is 6.18 Å². The molecule has 32 heavy (non-hydrogen) atoms. The molecule has 3 heterocycles. The molecular weight excluding hydrogens is 515 g/mol. The summed E-state index contributed by atoms with van der Waals surface area (Å²) in [5, 5.41) is 6.80. The van der Waals surface area contributed by atoms with Gasteiger partial charge in [-0.2, -0.15) is 13.2 Å². The van der Waals surface area contributed by atoms with Gasteiger partial charge in [-0.3, -0.25) is 4.79 Å². The molecule has 0 N–H and O–H groups in total. The second-order valence-corrected chi connectivity index (χ2v) is 9.70. The van der Waals surface area contributed by atoms with Gasteiger partial charge in [0.05, 0.1) is 10.4 Å². The molecule has 0 aliphatic rings. The number of aryl methyl sites for hydroxylation is 1.